The highest BCUT2D eigenvalue weighted by Crippen LogP contribution is 2.26. The molecule has 5 nitrogen and oxygen atoms in total. The molecule has 0 fully saturated rings. The van der Waals surface area contributed by atoms with Gasteiger partial charge >= 0.3 is 0 Å². The van der Waals surface area contributed by atoms with Crippen molar-refractivity contribution in [2.24, 2.45) is 7.05 Å². The maximum atomic E-state index is 12.2. The van der Waals surface area contributed by atoms with E-state index >= 15 is 0 Å². The van der Waals surface area contributed by atoms with Crippen LogP contribution in [0.1, 0.15) is 10.4 Å². The third kappa shape index (κ3) is 4.23. The van der Waals surface area contributed by atoms with E-state index in [1.807, 2.05) is 24.6 Å². The number of hydrogen-bond donors (Lipinski definition) is 1. The van der Waals surface area contributed by atoms with Gasteiger partial charge in [0.05, 0.1) is 5.75 Å². The minimum absolute atomic E-state index is 0.105. The number of nitrogens with zero attached hydrogens (tertiary/aromatic N) is 3. The predicted molar refractivity (Wildman–Crippen MR) is 105 cm³/mol. The number of halogens is 1. The largest absolute Gasteiger partial charge is 0.325 e. The zero-order valence-electron chi connectivity index (χ0n) is 14.0. The number of aryl methyl sites for hydroxylation is 2. The van der Waals surface area contributed by atoms with Crippen LogP contribution in [0, 0.1) is 13.8 Å². The van der Waals surface area contributed by atoms with Crippen LogP contribution in [-0.2, 0) is 11.8 Å². The number of thioether (sulfide) groups is 1. The maximum absolute atomic E-state index is 12.2. The van der Waals surface area contributed by atoms with Crippen molar-refractivity contribution >= 4 is 46.3 Å². The van der Waals surface area contributed by atoms with Gasteiger partial charge in [0.1, 0.15) is 0 Å². The number of thiophene rings is 1. The van der Waals surface area contributed by atoms with Gasteiger partial charge in [-0.1, -0.05) is 29.4 Å². The summed E-state index contributed by atoms with van der Waals surface area (Å²) in [6.07, 6.45) is 0. The van der Waals surface area contributed by atoms with Crippen LogP contribution in [0.25, 0.3) is 11.4 Å². The number of amides is 1. The number of anilines is 1. The number of carbonyl (C=O) groups is 1. The first-order valence-corrected chi connectivity index (χ1v) is 9.82. The van der Waals surface area contributed by atoms with Crippen molar-refractivity contribution < 1.29 is 4.79 Å². The summed E-state index contributed by atoms with van der Waals surface area (Å²) in [6.45, 7) is 3.99. The Kier molecular flexibility index (Phi) is 5.46. The molecule has 1 aromatic carbocycles. The van der Waals surface area contributed by atoms with E-state index in [-0.39, 0.29) is 11.7 Å². The van der Waals surface area contributed by atoms with Crippen LogP contribution in [0.5, 0.6) is 0 Å². The average Bonchev–Trinajstić information content (AvgIpc) is 3.15. The third-order valence-corrected chi connectivity index (χ3v) is 5.75. The van der Waals surface area contributed by atoms with E-state index in [1.165, 1.54) is 16.6 Å². The average molecular weight is 393 g/mol. The quantitative estimate of drug-likeness (QED) is 0.647. The van der Waals surface area contributed by atoms with Gasteiger partial charge in [0, 0.05) is 33.6 Å². The second-order valence-electron chi connectivity index (χ2n) is 5.61. The molecule has 130 valence electrons. The van der Waals surface area contributed by atoms with E-state index in [9.17, 15) is 4.79 Å². The monoisotopic (exact) mass is 392 g/mol. The minimum atomic E-state index is -0.105. The zero-order valence-corrected chi connectivity index (χ0v) is 16.4. The number of hydrogen-bond acceptors (Lipinski definition) is 5. The van der Waals surface area contributed by atoms with E-state index in [1.54, 1.807) is 23.5 Å². The molecular formula is C17H17ClN4OS2. The number of rotatable bonds is 5. The van der Waals surface area contributed by atoms with Crippen molar-refractivity contribution in [3.8, 4) is 11.4 Å². The lowest BCUT2D eigenvalue weighted by Crippen LogP contribution is -2.15. The fraction of sp³-hybridized carbons (Fsp3) is 0.235. The second kappa shape index (κ2) is 7.59. The normalized spacial score (nSPS) is 10.9. The van der Waals surface area contributed by atoms with Crippen LogP contribution in [0.2, 0.25) is 5.02 Å². The van der Waals surface area contributed by atoms with E-state index in [0.717, 1.165) is 22.6 Å². The number of benzene rings is 1. The first kappa shape index (κ1) is 18.0. The molecule has 1 amide bonds. The Hall–Kier alpha value is -1.83. The van der Waals surface area contributed by atoms with Crippen molar-refractivity contribution in [3.63, 3.8) is 0 Å². The highest BCUT2D eigenvalue weighted by molar-refractivity contribution is 7.99. The van der Waals surface area contributed by atoms with Gasteiger partial charge in [0.15, 0.2) is 11.0 Å². The summed E-state index contributed by atoms with van der Waals surface area (Å²) < 4.78 is 1.91. The van der Waals surface area contributed by atoms with Crippen LogP contribution in [0.3, 0.4) is 0 Å². The molecule has 0 aliphatic heterocycles. The Morgan fingerprint density at radius 1 is 1.32 bits per heavy atom. The number of nitrogens with one attached hydrogen (secondary N) is 1. The highest BCUT2D eigenvalue weighted by Gasteiger charge is 2.14. The molecule has 0 unspecified atom stereocenters. The Labute approximate surface area is 159 Å². The molecule has 0 aliphatic carbocycles. The fourth-order valence-corrected chi connectivity index (χ4v) is 3.86. The molecule has 2 aromatic heterocycles. The van der Waals surface area contributed by atoms with Crippen LogP contribution >= 0.6 is 34.7 Å². The molecule has 0 saturated heterocycles. The molecule has 25 heavy (non-hydrogen) atoms. The molecule has 0 bridgehead atoms. The molecule has 0 radical (unpaired) electrons. The number of aromatic nitrogens is 3. The van der Waals surface area contributed by atoms with Crippen LogP contribution in [0.4, 0.5) is 5.69 Å². The fourth-order valence-electron chi connectivity index (χ4n) is 2.30. The Morgan fingerprint density at radius 3 is 2.84 bits per heavy atom. The first-order valence-electron chi connectivity index (χ1n) is 7.57. The summed E-state index contributed by atoms with van der Waals surface area (Å²) >= 11 is 9.01. The Balaban J connectivity index is 1.65. The van der Waals surface area contributed by atoms with Crippen LogP contribution < -0.4 is 5.32 Å². The van der Waals surface area contributed by atoms with Gasteiger partial charge in [-0.3, -0.25) is 4.79 Å². The SMILES string of the molecule is Cc1cc(-c2nnc(SCC(=O)Nc3cc(Cl)ccc3C)n2C)cs1. The van der Waals surface area contributed by atoms with Crippen molar-refractivity contribution in [1.29, 1.82) is 0 Å². The van der Waals surface area contributed by atoms with E-state index in [0.29, 0.717) is 10.2 Å². The van der Waals surface area contributed by atoms with Crippen molar-refractivity contribution in [3.05, 3.63) is 45.1 Å². The van der Waals surface area contributed by atoms with Gasteiger partial charge in [-0.05, 0) is 37.6 Å². The molecule has 3 rings (SSSR count). The van der Waals surface area contributed by atoms with Gasteiger partial charge in [0.2, 0.25) is 5.91 Å². The lowest BCUT2D eigenvalue weighted by Gasteiger charge is -2.08. The van der Waals surface area contributed by atoms with Gasteiger partial charge in [-0.25, -0.2) is 0 Å². The molecule has 3 aromatic rings. The maximum Gasteiger partial charge on any atom is 0.234 e. The smallest absolute Gasteiger partial charge is 0.234 e. The van der Waals surface area contributed by atoms with Crippen LogP contribution in [-0.4, -0.2) is 26.4 Å². The highest BCUT2D eigenvalue weighted by atomic mass is 35.5. The van der Waals surface area contributed by atoms with Crippen molar-refractivity contribution in [1.82, 2.24) is 14.8 Å². The van der Waals surface area contributed by atoms with Gasteiger partial charge < -0.3 is 9.88 Å². The molecule has 0 saturated carbocycles. The van der Waals surface area contributed by atoms with Crippen LogP contribution in [0.15, 0.2) is 34.8 Å². The summed E-state index contributed by atoms with van der Waals surface area (Å²) in [5.41, 5.74) is 2.74. The Morgan fingerprint density at radius 2 is 2.12 bits per heavy atom. The Bertz CT molecular complexity index is 919. The second-order valence-corrected chi connectivity index (χ2v) is 8.10. The summed E-state index contributed by atoms with van der Waals surface area (Å²) in [5, 5.41) is 14.7. The van der Waals surface area contributed by atoms with Crippen molar-refractivity contribution in [2.45, 2.75) is 19.0 Å². The molecular weight excluding hydrogens is 376 g/mol. The molecule has 0 aliphatic rings. The lowest BCUT2D eigenvalue weighted by molar-refractivity contribution is -0.113. The van der Waals surface area contributed by atoms with E-state index < -0.39 is 0 Å². The zero-order chi connectivity index (χ0) is 18.0. The summed E-state index contributed by atoms with van der Waals surface area (Å²) in [7, 11) is 1.91. The molecule has 8 heteroatoms. The standard InChI is InChI=1S/C17H17ClN4OS2/c1-10-4-5-13(18)7-14(10)19-15(23)9-25-17-21-20-16(22(17)3)12-6-11(2)24-8-12/h4-8H,9H2,1-3H3,(H,19,23). The third-order valence-electron chi connectivity index (χ3n) is 3.63. The van der Waals surface area contributed by atoms with E-state index in [4.69, 9.17) is 11.6 Å². The topological polar surface area (TPSA) is 59.8 Å². The van der Waals surface area contributed by atoms with Gasteiger partial charge in [0.25, 0.3) is 0 Å². The minimum Gasteiger partial charge on any atom is -0.325 e. The lowest BCUT2D eigenvalue weighted by atomic mass is 10.2. The van der Waals surface area contributed by atoms with Gasteiger partial charge in [-0.2, -0.15) is 0 Å². The number of carbonyl (C=O) groups excluding carboxylic acids is 1. The first-order chi connectivity index (χ1) is 11.9. The molecule has 2 heterocycles. The summed E-state index contributed by atoms with van der Waals surface area (Å²) in [4.78, 5) is 13.4. The predicted octanol–water partition coefficient (Wildman–Crippen LogP) is 4.54. The van der Waals surface area contributed by atoms with Crippen molar-refractivity contribution in [2.75, 3.05) is 11.1 Å². The molecule has 1 N–H and O–H groups in total. The molecule has 0 spiro atoms. The molecule has 0 atom stereocenters. The van der Waals surface area contributed by atoms with Gasteiger partial charge in [-0.15, -0.1) is 21.5 Å². The summed E-state index contributed by atoms with van der Waals surface area (Å²) in [5.74, 6) is 0.949. The van der Waals surface area contributed by atoms with E-state index in [2.05, 4.69) is 33.9 Å². The summed E-state index contributed by atoms with van der Waals surface area (Å²) in [6, 6.07) is 7.51.